The number of hydrogen-bond donors (Lipinski definition) is 1. The van der Waals surface area contributed by atoms with Gasteiger partial charge in [-0.05, 0) is 25.5 Å². The predicted molar refractivity (Wildman–Crippen MR) is 76.5 cm³/mol. The van der Waals surface area contributed by atoms with Gasteiger partial charge in [-0.1, -0.05) is 35.5 Å². The summed E-state index contributed by atoms with van der Waals surface area (Å²) in [6.07, 6.45) is 1.05. The zero-order valence-electron chi connectivity index (χ0n) is 11.7. The second-order valence-electron chi connectivity index (χ2n) is 5.14. The molecule has 0 amide bonds. The second kappa shape index (κ2) is 6.15. The second-order valence-corrected chi connectivity index (χ2v) is 5.14. The van der Waals surface area contributed by atoms with E-state index in [0.29, 0.717) is 6.61 Å². The molecule has 1 unspecified atom stereocenters. The Morgan fingerprint density at radius 2 is 2.20 bits per heavy atom. The van der Waals surface area contributed by atoms with Crippen LogP contribution in [0.2, 0.25) is 0 Å². The molecule has 3 rings (SSSR count). The monoisotopic (exact) mass is 272 g/mol. The Bertz CT molecular complexity index is 544. The highest BCUT2D eigenvalue weighted by Gasteiger charge is 2.20. The van der Waals surface area contributed by atoms with Gasteiger partial charge in [0, 0.05) is 6.61 Å². The first-order chi connectivity index (χ1) is 9.84. The Morgan fingerprint density at radius 1 is 1.35 bits per heavy atom. The quantitative estimate of drug-likeness (QED) is 0.923. The molecule has 1 aromatic carbocycles. The summed E-state index contributed by atoms with van der Waals surface area (Å²) in [4.78, 5) is 0. The third-order valence-corrected chi connectivity index (χ3v) is 3.66. The van der Waals surface area contributed by atoms with E-state index in [1.807, 2.05) is 22.9 Å². The van der Waals surface area contributed by atoms with Crippen LogP contribution >= 0.6 is 0 Å². The Hall–Kier alpha value is -1.72. The zero-order chi connectivity index (χ0) is 13.8. The summed E-state index contributed by atoms with van der Waals surface area (Å²) < 4.78 is 7.56. The van der Waals surface area contributed by atoms with Crippen molar-refractivity contribution in [2.24, 2.45) is 0 Å². The van der Waals surface area contributed by atoms with Gasteiger partial charge in [-0.15, -0.1) is 5.10 Å². The predicted octanol–water partition coefficient (Wildman–Crippen LogP) is 1.69. The highest BCUT2D eigenvalue weighted by molar-refractivity contribution is 5.18. The highest BCUT2D eigenvalue weighted by Crippen LogP contribution is 2.17. The summed E-state index contributed by atoms with van der Waals surface area (Å²) in [7, 11) is 0. The lowest BCUT2D eigenvalue weighted by Crippen LogP contribution is -2.24. The first-order valence-corrected chi connectivity index (χ1v) is 7.09. The molecule has 1 fully saturated rings. The zero-order valence-corrected chi connectivity index (χ0v) is 11.7. The maximum atomic E-state index is 5.60. The summed E-state index contributed by atoms with van der Waals surface area (Å²) in [6.45, 7) is 5.29. The van der Waals surface area contributed by atoms with Crippen molar-refractivity contribution >= 4 is 0 Å². The fourth-order valence-corrected chi connectivity index (χ4v) is 2.49. The molecule has 0 radical (unpaired) electrons. The molecule has 5 heteroatoms. The van der Waals surface area contributed by atoms with Crippen molar-refractivity contribution in [3.63, 3.8) is 0 Å². The van der Waals surface area contributed by atoms with E-state index in [4.69, 9.17) is 4.74 Å². The van der Waals surface area contributed by atoms with Crippen LogP contribution in [-0.2, 0) is 11.3 Å². The van der Waals surface area contributed by atoms with Crippen LogP contribution in [0.3, 0.4) is 0 Å². The number of rotatable bonds is 3. The summed E-state index contributed by atoms with van der Waals surface area (Å²) in [5.74, 6) is 0. The van der Waals surface area contributed by atoms with E-state index in [2.05, 4.69) is 34.7 Å². The van der Waals surface area contributed by atoms with Crippen LogP contribution in [-0.4, -0.2) is 34.8 Å². The van der Waals surface area contributed by atoms with Crippen LogP contribution in [0, 0.1) is 6.92 Å². The number of nitrogens with one attached hydrogen (secondary N) is 1. The molecule has 0 saturated carbocycles. The molecule has 5 nitrogen and oxygen atoms in total. The molecule has 1 aromatic heterocycles. The van der Waals surface area contributed by atoms with Gasteiger partial charge in [-0.25, -0.2) is 4.68 Å². The molecule has 1 atom stereocenters. The van der Waals surface area contributed by atoms with Crippen molar-refractivity contribution in [3.05, 3.63) is 47.3 Å². The fraction of sp³-hybridized carbons (Fsp3) is 0.467. The van der Waals surface area contributed by atoms with Crippen LogP contribution in [0.4, 0.5) is 0 Å². The average molecular weight is 272 g/mol. The van der Waals surface area contributed by atoms with Crippen molar-refractivity contribution in [1.82, 2.24) is 20.3 Å². The standard InChI is InChI=1S/C15H20N4O/c1-12-15(14-11-20-9-5-8-16-14)17-18-19(12)10-13-6-3-2-4-7-13/h2-4,6-7,14,16H,5,8-11H2,1H3. The molecule has 2 aromatic rings. The van der Waals surface area contributed by atoms with Gasteiger partial charge in [0.25, 0.3) is 0 Å². The number of benzene rings is 1. The van der Waals surface area contributed by atoms with E-state index in [1.165, 1.54) is 5.56 Å². The summed E-state index contributed by atoms with van der Waals surface area (Å²) in [6, 6.07) is 10.5. The largest absolute Gasteiger partial charge is 0.379 e. The Morgan fingerprint density at radius 3 is 3.05 bits per heavy atom. The molecule has 0 bridgehead atoms. The van der Waals surface area contributed by atoms with Crippen LogP contribution in [0.1, 0.15) is 29.4 Å². The molecule has 20 heavy (non-hydrogen) atoms. The molecule has 1 saturated heterocycles. The van der Waals surface area contributed by atoms with E-state index >= 15 is 0 Å². The van der Waals surface area contributed by atoms with Gasteiger partial charge in [0.2, 0.25) is 0 Å². The molecule has 2 heterocycles. The van der Waals surface area contributed by atoms with Crippen LogP contribution < -0.4 is 5.32 Å². The maximum Gasteiger partial charge on any atom is 0.105 e. The third kappa shape index (κ3) is 2.89. The minimum Gasteiger partial charge on any atom is -0.379 e. The topological polar surface area (TPSA) is 52.0 Å². The lowest BCUT2D eigenvalue weighted by Gasteiger charge is -2.13. The van der Waals surface area contributed by atoms with E-state index in [1.54, 1.807) is 0 Å². The highest BCUT2D eigenvalue weighted by atomic mass is 16.5. The maximum absolute atomic E-state index is 5.60. The molecular weight excluding hydrogens is 252 g/mol. The molecule has 1 N–H and O–H groups in total. The van der Waals surface area contributed by atoms with E-state index in [-0.39, 0.29) is 6.04 Å². The van der Waals surface area contributed by atoms with Crippen molar-refractivity contribution in [2.75, 3.05) is 19.8 Å². The lowest BCUT2D eigenvalue weighted by atomic mass is 10.1. The molecular formula is C15H20N4O. The van der Waals surface area contributed by atoms with E-state index < -0.39 is 0 Å². The van der Waals surface area contributed by atoms with Gasteiger partial charge < -0.3 is 10.1 Å². The first-order valence-electron chi connectivity index (χ1n) is 7.09. The van der Waals surface area contributed by atoms with Crippen LogP contribution in [0.5, 0.6) is 0 Å². The van der Waals surface area contributed by atoms with Crippen LogP contribution in [0.15, 0.2) is 30.3 Å². The van der Waals surface area contributed by atoms with Crippen molar-refractivity contribution in [1.29, 1.82) is 0 Å². The smallest absolute Gasteiger partial charge is 0.105 e. The summed E-state index contributed by atoms with van der Waals surface area (Å²) in [5.41, 5.74) is 3.34. The Labute approximate surface area is 118 Å². The van der Waals surface area contributed by atoms with Gasteiger partial charge in [0.15, 0.2) is 0 Å². The van der Waals surface area contributed by atoms with Crippen molar-refractivity contribution in [3.8, 4) is 0 Å². The minimum atomic E-state index is 0.155. The molecule has 0 spiro atoms. The Kier molecular flexibility index (Phi) is 4.08. The van der Waals surface area contributed by atoms with Gasteiger partial charge in [0.1, 0.15) is 5.69 Å². The van der Waals surface area contributed by atoms with Gasteiger partial charge in [0.05, 0.1) is 24.9 Å². The number of aromatic nitrogens is 3. The van der Waals surface area contributed by atoms with Gasteiger partial charge >= 0.3 is 0 Å². The fourth-order valence-electron chi connectivity index (χ4n) is 2.49. The molecule has 0 aliphatic carbocycles. The van der Waals surface area contributed by atoms with Gasteiger partial charge in [-0.3, -0.25) is 0 Å². The number of nitrogens with zero attached hydrogens (tertiary/aromatic N) is 3. The average Bonchev–Trinajstić information content (AvgIpc) is 2.70. The summed E-state index contributed by atoms with van der Waals surface area (Å²) in [5, 5.41) is 12.1. The summed E-state index contributed by atoms with van der Waals surface area (Å²) >= 11 is 0. The molecule has 106 valence electrons. The third-order valence-electron chi connectivity index (χ3n) is 3.66. The SMILES string of the molecule is Cc1c(C2COCCCN2)nnn1Cc1ccccc1. The van der Waals surface area contributed by atoms with E-state index in [9.17, 15) is 0 Å². The number of ether oxygens (including phenoxy) is 1. The normalized spacial score (nSPS) is 19.8. The minimum absolute atomic E-state index is 0.155. The Balaban J connectivity index is 1.77. The van der Waals surface area contributed by atoms with Gasteiger partial charge in [-0.2, -0.15) is 0 Å². The van der Waals surface area contributed by atoms with Crippen molar-refractivity contribution in [2.45, 2.75) is 25.9 Å². The first kappa shape index (κ1) is 13.3. The lowest BCUT2D eigenvalue weighted by molar-refractivity contribution is 0.130. The van der Waals surface area contributed by atoms with E-state index in [0.717, 1.165) is 37.5 Å². The molecule has 1 aliphatic heterocycles. The molecule has 1 aliphatic rings. The number of hydrogen-bond acceptors (Lipinski definition) is 4. The van der Waals surface area contributed by atoms with Crippen molar-refractivity contribution < 1.29 is 4.74 Å². The van der Waals surface area contributed by atoms with Crippen LogP contribution in [0.25, 0.3) is 0 Å².